The highest BCUT2D eigenvalue weighted by atomic mass is 35.5. The summed E-state index contributed by atoms with van der Waals surface area (Å²) in [6, 6.07) is 0. The molecule has 0 aliphatic carbocycles. The van der Waals surface area contributed by atoms with Crippen LogP contribution in [0.25, 0.3) is 0 Å². The quantitative estimate of drug-likeness (QED) is 0.453. The van der Waals surface area contributed by atoms with Crippen LogP contribution in [0, 0.1) is 5.92 Å². The monoisotopic (exact) mass is 248 g/mol. The molecular weight excluding hydrogens is 224 g/mol. The van der Waals surface area contributed by atoms with Gasteiger partial charge in [-0.25, -0.2) is 0 Å². The van der Waals surface area contributed by atoms with Gasteiger partial charge in [-0.1, -0.05) is 33.6 Å². The van der Waals surface area contributed by atoms with E-state index in [0.717, 1.165) is 25.2 Å². The Balaban J connectivity index is 3.86. The van der Waals surface area contributed by atoms with Crippen molar-refractivity contribution in [1.82, 2.24) is 0 Å². The lowest BCUT2D eigenvalue weighted by atomic mass is 9.95. The number of ether oxygens (including phenoxy) is 1. The highest BCUT2D eigenvalue weighted by Gasteiger charge is 2.14. The molecule has 1 atom stereocenters. The Morgan fingerprint density at radius 3 is 2.19 bits per heavy atom. The summed E-state index contributed by atoms with van der Waals surface area (Å²) >= 11 is 5.49. The summed E-state index contributed by atoms with van der Waals surface area (Å²) in [7, 11) is 0. The third kappa shape index (κ3) is 7.10. The molecule has 96 valence electrons. The van der Waals surface area contributed by atoms with E-state index in [4.69, 9.17) is 16.3 Å². The molecule has 0 aromatic heterocycles. The number of rotatable bonds is 9. The van der Waals surface area contributed by atoms with Gasteiger partial charge >= 0.3 is 5.97 Å². The van der Waals surface area contributed by atoms with Gasteiger partial charge in [0.2, 0.25) is 0 Å². The maximum Gasteiger partial charge on any atom is 0.307 e. The first-order valence-corrected chi connectivity index (χ1v) is 6.96. The van der Waals surface area contributed by atoms with E-state index in [0.29, 0.717) is 12.3 Å². The molecule has 0 amide bonds. The fraction of sp³-hybridized carbons (Fsp3) is 0.923. The van der Waals surface area contributed by atoms with Crippen LogP contribution >= 0.6 is 11.6 Å². The van der Waals surface area contributed by atoms with Crippen molar-refractivity contribution >= 4 is 17.6 Å². The van der Waals surface area contributed by atoms with Gasteiger partial charge in [0.1, 0.15) is 6.10 Å². The summed E-state index contributed by atoms with van der Waals surface area (Å²) in [6.45, 7) is 6.49. The van der Waals surface area contributed by atoms with Crippen LogP contribution in [0.5, 0.6) is 0 Å². The van der Waals surface area contributed by atoms with Crippen molar-refractivity contribution in [3.63, 3.8) is 0 Å². The number of esters is 1. The predicted octanol–water partition coefficient (Wildman–Crippen LogP) is 4.15. The molecule has 0 fully saturated rings. The molecular formula is C13H25ClO2. The van der Waals surface area contributed by atoms with Crippen LogP contribution in [0.2, 0.25) is 0 Å². The SMILES string of the molecule is CCC(CC)CCC(CC)OC(=O)CCCl. The van der Waals surface area contributed by atoms with Crippen molar-refractivity contribution in [2.75, 3.05) is 5.88 Å². The van der Waals surface area contributed by atoms with Gasteiger partial charge < -0.3 is 4.74 Å². The lowest BCUT2D eigenvalue weighted by molar-refractivity contribution is -0.149. The number of hydrogen-bond donors (Lipinski definition) is 0. The van der Waals surface area contributed by atoms with Crippen molar-refractivity contribution in [1.29, 1.82) is 0 Å². The maximum absolute atomic E-state index is 11.3. The van der Waals surface area contributed by atoms with Gasteiger partial charge in [-0.2, -0.15) is 0 Å². The second-order valence-corrected chi connectivity index (χ2v) is 4.60. The van der Waals surface area contributed by atoms with E-state index >= 15 is 0 Å². The third-order valence-electron chi connectivity index (χ3n) is 3.10. The Morgan fingerprint density at radius 1 is 1.12 bits per heavy atom. The number of halogens is 1. The van der Waals surface area contributed by atoms with E-state index in [1.807, 2.05) is 0 Å². The van der Waals surface area contributed by atoms with Crippen molar-refractivity contribution < 1.29 is 9.53 Å². The first-order chi connectivity index (χ1) is 7.67. The van der Waals surface area contributed by atoms with Crippen molar-refractivity contribution in [3.05, 3.63) is 0 Å². The molecule has 1 unspecified atom stereocenters. The standard InChI is InChI=1S/C13H25ClO2/c1-4-11(5-2)7-8-12(6-3)16-13(15)9-10-14/h11-12H,4-10H2,1-3H3. The van der Waals surface area contributed by atoms with Crippen LogP contribution in [-0.4, -0.2) is 18.0 Å². The Labute approximate surface area is 105 Å². The molecule has 0 rings (SSSR count). The summed E-state index contributed by atoms with van der Waals surface area (Å²) < 4.78 is 5.36. The number of carbonyl (C=O) groups is 1. The molecule has 0 saturated heterocycles. The summed E-state index contributed by atoms with van der Waals surface area (Å²) in [5.74, 6) is 0.953. The molecule has 2 nitrogen and oxygen atoms in total. The molecule has 16 heavy (non-hydrogen) atoms. The van der Waals surface area contributed by atoms with Crippen LogP contribution in [0.3, 0.4) is 0 Å². The summed E-state index contributed by atoms with van der Waals surface area (Å²) in [4.78, 5) is 11.3. The average molecular weight is 249 g/mol. The molecule has 0 bridgehead atoms. The lowest BCUT2D eigenvalue weighted by Gasteiger charge is -2.19. The normalized spacial score (nSPS) is 12.8. The molecule has 0 radical (unpaired) electrons. The Morgan fingerprint density at radius 2 is 1.75 bits per heavy atom. The van der Waals surface area contributed by atoms with E-state index in [1.165, 1.54) is 12.8 Å². The molecule has 0 aromatic rings. The van der Waals surface area contributed by atoms with Gasteiger partial charge in [0.15, 0.2) is 0 Å². The second kappa shape index (κ2) is 9.95. The second-order valence-electron chi connectivity index (χ2n) is 4.22. The zero-order chi connectivity index (χ0) is 12.4. The summed E-state index contributed by atoms with van der Waals surface area (Å²) in [5.41, 5.74) is 0. The predicted molar refractivity (Wildman–Crippen MR) is 68.8 cm³/mol. The largest absolute Gasteiger partial charge is 0.462 e. The average Bonchev–Trinajstić information content (AvgIpc) is 2.29. The molecule has 0 heterocycles. The lowest BCUT2D eigenvalue weighted by Crippen LogP contribution is -2.18. The van der Waals surface area contributed by atoms with Gasteiger partial charge in [0.25, 0.3) is 0 Å². The van der Waals surface area contributed by atoms with Crippen LogP contribution in [0.4, 0.5) is 0 Å². The van der Waals surface area contributed by atoms with E-state index in [-0.39, 0.29) is 12.1 Å². The third-order valence-corrected chi connectivity index (χ3v) is 3.29. The molecule has 3 heteroatoms. The minimum absolute atomic E-state index is 0.0799. The summed E-state index contributed by atoms with van der Waals surface area (Å²) in [6.07, 6.45) is 5.86. The highest BCUT2D eigenvalue weighted by molar-refractivity contribution is 6.18. The van der Waals surface area contributed by atoms with Crippen LogP contribution < -0.4 is 0 Å². The topological polar surface area (TPSA) is 26.3 Å². The fourth-order valence-corrected chi connectivity index (χ4v) is 1.94. The molecule has 0 saturated carbocycles. The molecule has 0 aliphatic heterocycles. The fourth-order valence-electron chi connectivity index (χ4n) is 1.79. The van der Waals surface area contributed by atoms with Gasteiger partial charge in [-0.15, -0.1) is 11.6 Å². The van der Waals surface area contributed by atoms with E-state index in [9.17, 15) is 4.79 Å². The zero-order valence-electron chi connectivity index (χ0n) is 10.8. The van der Waals surface area contributed by atoms with Crippen LogP contribution in [0.1, 0.15) is 59.3 Å². The smallest absolute Gasteiger partial charge is 0.307 e. The van der Waals surface area contributed by atoms with Crippen molar-refractivity contribution in [2.24, 2.45) is 5.92 Å². The van der Waals surface area contributed by atoms with E-state index in [1.54, 1.807) is 0 Å². The zero-order valence-corrected chi connectivity index (χ0v) is 11.6. The van der Waals surface area contributed by atoms with Gasteiger partial charge in [0.05, 0.1) is 6.42 Å². The highest BCUT2D eigenvalue weighted by Crippen LogP contribution is 2.18. The first kappa shape index (κ1) is 15.8. The number of carbonyl (C=O) groups excluding carboxylic acids is 1. The number of hydrogen-bond acceptors (Lipinski definition) is 2. The maximum atomic E-state index is 11.3. The molecule has 0 aliphatic rings. The Kier molecular flexibility index (Phi) is 9.80. The minimum Gasteiger partial charge on any atom is -0.462 e. The van der Waals surface area contributed by atoms with Crippen molar-refractivity contribution in [2.45, 2.75) is 65.4 Å². The van der Waals surface area contributed by atoms with Gasteiger partial charge in [-0.05, 0) is 25.2 Å². The molecule has 0 spiro atoms. The minimum atomic E-state index is -0.161. The molecule has 0 aromatic carbocycles. The number of alkyl halides is 1. The van der Waals surface area contributed by atoms with Crippen LogP contribution in [-0.2, 0) is 9.53 Å². The molecule has 0 N–H and O–H groups in total. The Bertz CT molecular complexity index is 179. The van der Waals surface area contributed by atoms with Crippen LogP contribution in [0.15, 0.2) is 0 Å². The first-order valence-electron chi connectivity index (χ1n) is 6.43. The summed E-state index contributed by atoms with van der Waals surface area (Å²) in [5, 5.41) is 0. The van der Waals surface area contributed by atoms with Crippen molar-refractivity contribution in [3.8, 4) is 0 Å². The van der Waals surface area contributed by atoms with Gasteiger partial charge in [0, 0.05) is 5.88 Å². The van der Waals surface area contributed by atoms with Gasteiger partial charge in [-0.3, -0.25) is 4.79 Å². The Hall–Kier alpha value is -0.240. The van der Waals surface area contributed by atoms with E-state index < -0.39 is 0 Å². The van der Waals surface area contributed by atoms with E-state index in [2.05, 4.69) is 20.8 Å².